The van der Waals surface area contributed by atoms with Crippen LogP contribution in [0.5, 0.6) is 5.75 Å². The Labute approximate surface area is 92.1 Å². The smallest absolute Gasteiger partial charge is 0.165 e. The molecule has 0 saturated carbocycles. The molecule has 0 saturated heterocycles. The number of hydrogen-bond donors (Lipinski definition) is 0. The van der Waals surface area contributed by atoms with Gasteiger partial charge < -0.3 is 4.89 Å². The van der Waals surface area contributed by atoms with Gasteiger partial charge in [0.15, 0.2) is 5.75 Å². The summed E-state index contributed by atoms with van der Waals surface area (Å²) >= 11 is 0. The van der Waals surface area contributed by atoms with E-state index in [0.29, 0.717) is 6.61 Å². The molecule has 0 amide bonds. The molecule has 0 aliphatic rings. The maximum absolute atomic E-state index is 5.15. The summed E-state index contributed by atoms with van der Waals surface area (Å²) in [6, 6.07) is 9.59. The van der Waals surface area contributed by atoms with Gasteiger partial charge in [-0.3, -0.25) is 0 Å². The van der Waals surface area contributed by atoms with E-state index in [9.17, 15) is 0 Å². The molecule has 0 fully saturated rings. The second kappa shape index (κ2) is 7.30. The molecule has 0 aromatic heterocycles. The van der Waals surface area contributed by atoms with Gasteiger partial charge in [-0.15, -0.1) is 0 Å². The largest absolute Gasteiger partial charge is 0.338 e. The molecule has 1 rings (SSSR count). The molecule has 0 atom stereocenters. The highest BCUT2D eigenvalue weighted by molar-refractivity contribution is 5.20. The van der Waals surface area contributed by atoms with Gasteiger partial charge in [-0.05, 0) is 24.5 Å². The highest BCUT2D eigenvalue weighted by Crippen LogP contribution is 2.13. The van der Waals surface area contributed by atoms with E-state index in [0.717, 1.165) is 18.1 Å². The lowest BCUT2D eigenvalue weighted by molar-refractivity contribution is -0.209. The molecule has 0 spiro atoms. The Kier molecular flexibility index (Phi) is 5.86. The molecular weight excluding hydrogens is 188 g/mol. The Hall–Kier alpha value is -1.02. The van der Waals surface area contributed by atoms with Crippen LogP contribution in [0.4, 0.5) is 0 Å². The number of rotatable bonds is 7. The summed E-state index contributed by atoms with van der Waals surface area (Å²) in [5, 5.41) is 0. The highest BCUT2D eigenvalue weighted by Gasteiger charge is 2.03. The van der Waals surface area contributed by atoms with E-state index in [1.165, 1.54) is 12.8 Å². The molecule has 2 nitrogen and oxygen atoms in total. The van der Waals surface area contributed by atoms with Gasteiger partial charge in [0.2, 0.25) is 0 Å². The zero-order chi connectivity index (χ0) is 10.9. The van der Waals surface area contributed by atoms with Crippen molar-refractivity contribution in [2.75, 3.05) is 6.61 Å². The van der Waals surface area contributed by atoms with Gasteiger partial charge in [0.1, 0.15) is 0 Å². The maximum Gasteiger partial charge on any atom is 0.165 e. The van der Waals surface area contributed by atoms with E-state index in [1.807, 2.05) is 30.3 Å². The van der Waals surface area contributed by atoms with E-state index in [4.69, 9.17) is 9.78 Å². The van der Waals surface area contributed by atoms with E-state index in [2.05, 4.69) is 13.8 Å². The van der Waals surface area contributed by atoms with Crippen molar-refractivity contribution in [1.29, 1.82) is 0 Å². The highest BCUT2D eigenvalue weighted by atomic mass is 17.2. The van der Waals surface area contributed by atoms with Crippen LogP contribution >= 0.6 is 0 Å². The molecule has 0 N–H and O–H groups in total. The van der Waals surface area contributed by atoms with Crippen molar-refractivity contribution in [3.63, 3.8) is 0 Å². The predicted octanol–water partition coefficient (Wildman–Crippen LogP) is 3.82. The number of para-hydroxylation sites is 1. The van der Waals surface area contributed by atoms with Gasteiger partial charge in [-0.1, -0.05) is 44.9 Å². The summed E-state index contributed by atoms with van der Waals surface area (Å²) in [7, 11) is 0. The second-order valence-electron chi connectivity index (χ2n) is 3.69. The average molecular weight is 208 g/mol. The van der Waals surface area contributed by atoms with Crippen molar-refractivity contribution in [1.82, 2.24) is 0 Å². The lowest BCUT2D eigenvalue weighted by atomic mass is 10.0. The third kappa shape index (κ3) is 4.84. The maximum atomic E-state index is 5.15. The fourth-order valence-corrected chi connectivity index (χ4v) is 1.50. The van der Waals surface area contributed by atoms with Crippen LogP contribution in [-0.2, 0) is 4.89 Å². The van der Waals surface area contributed by atoms with Gasteiger partial charge in [-0.25, -0.2) is 0 Å². The minimum absolute atomic E-state index is 0.668. The van der Waals surface area contributed by atoms with Crippen LogP contribution in [0.15, 0.2) is 30.3 Å². The van der Waals surface area contributed by atoms with Crippen molar-refractivity contribution >= 4 is 0 Å². The van der Waals surface area contributed by atoms with Crippen molar-refractivity contribution in [3.8, 4) is 5.75 Å². The third-order valence-electron chi connectivity index (χ3n) is 2.66. The van der Waals surface area contributed by atoms with E-state index in [-0.39, 0.29) is 0 Å². The first-order chi connectivity index (χ1) is 7.36. The van der Waals surface area contributed by atoms with Crippen molar-refractivity contribution < 1.29 is 9.78 Å². The van der Waals surface area contributed by atoms with Gasteiger partial charge in [0.05, 0.1) is 6.61 Å². The molecule has 15 heavy (non-hydrogen) atoms. The fraction of sp³-hybridized carbons (Fsp3) is 0.538. The summed E-state index contributed by atoms with van der Waals surface area (Å²) < 4.78 is 0. The van der Waals surface area contributed by atoms with Crippen molar-refractivity contribution in [2.45, 2.75) is 33.1 Å². The van der Waals surface area contributed by atoms with Crippen molar-refractivity contribution in [3.05, 3.63) is 30.3 Å². The summed E-state index contributed by atoms with van der Waals surface area (Å²) in [5.74, 6) is 1.52. The standard InChI is InChI=1S/C13H20O2/c1-3-12(4-2)10-11-14-15-13-8-6-5-7-9-13/h5-9,12H,3-4,10-11H2,1-2H3. The summed E-state index contributed by atoms with van der Waals surface area (Å²) in [6.45, 7) is 5.10. The molecule has 0 radical (unpaired) electrons. The van der Waals surface area contributed by atoms with Crippen LogP contribution < -0.4 is 4.89 Å². The first-order valence-electron chi connectivity index (χ1n) is 5.71. The van der Waals surface area contributed by atoms with E-state index >= 15 is 0 Å². The molecule has 84 valence electrons. The Morgan fingerprint density at radius 3 is 2.33 bits per heavy atom. The van der Waals surface area contributed by atoms with Gasteiger partial charge in [-0.2, -0.15) is 4.89 Å². The first kappa shape index (κ1) is 12.1. The zero-order valence-electron chi connectivity index (χ0n) is 9.61. The number of benzene rings is 1. The average Bonchev–Trinajstić information content (AvgIpc) is 2.31. The lowest BCUT2D eigenvalue weighted by Gasteiger charge is -2.11. The zero-order valence-corrected chi connectivity index (χ0v) is 9.61. The van der Waals surface area contributed by atoms with E-state index < -0.39 is 0 Å². The van der Waals surface area contributed by atoms with Crippen LogP contribution in [0, 0.1) is 5.92 Å². The minimum atomic E-state index is 0.668. The second-order valence-corrected chi connectivity index (χ2v) is 3.69. The molecular formula is C13H20O2. The summed E-state index contributed by atoms with van der Waals surface area (Å²) in [4.78, 5) is 10.3. The normalized spacial score (nSPS) is 10.6. The van der Waals surface area contributed by atoms with Crippen LogP contribution in [0.1, 0.15) is 33.1 Å². The molecule has 0 aliphatic carbocycles. The quantitative estimate of drug-likeness (QED) is 0.385. The van der Waals surface area contributed by atoms with Crippen molar-refractivity contribution in [2.24, 2.45) is 5.92 Å². The van der Waals surface area contributed by atoms with Crippen LogP contribution in [0.25, 0.3) is 0 Å². The first-order valence-corrected chi connectivity index (χ1v) is 5.71. The topological polar surface area (TPSA) is 18.5 Å². The minimum Gasteiger partial charge on any atom is -0.338 e. The Bertz CT molecular complexity index is 242. The van der Waals surface area contributed by atoms with E-state index in [1.54, 1.807) is 0 Å². The molecule has 0 unspecified atom stereocenters. The summed E-state index contributed by atoms with van der Waals surface area (Å²) in [5.41, 5.74) is 0. The monoisotopic (exact) mass is 208 g/mol. The molecule has 2 heteroatoms. The Morgan fingerprint density at radius 1 is 1.07 bits per heavy atom. The van der Waals surface area contributed by atoms with Gasteiger partial charge in [0.25, 0.3) is 0 Å². The Morgan fingerprint density at radius 2 is 1.73 bits per heavy atom. The Balaban J connectivity index is 2.12. The SMILES string of the molecule is CCC(CC)CCOOc1ccccc1. The van der Waals surface area contributed by atoms with Crippen LogP contribution in [-0.4, -0.2) is 6.61 Å². The molecule has 1 aromatic carbocycles. The molecule has 1 aromatic rings. The fourth-order valence-electron chi connectivity index (χ4n) is 1.50. The van der Waals surface area contributed by atoms with Gasteiger partial charge in [0, 0.05) is 0 Å². The summed E-state index contributed by atoms with van der Waals surface area (Å²) in [6.07, 6.45) is 3.50. The third-order valence-corrected chi connectivity index (χ3v) is 2.66. The van der Waals surface area contributed by atoms with Crippen LogP contribution in [0.2, 0.25) is 0 Å². The van der Waals surface area contributed by atoms with Gasteiger partial charge >= 0.3 is 0 Å². The predicted molar refractivity (Wildman–Crippen MR) is 61.7 cm³/mol. The van der Waals surface area contributed by atoms with Crippen LogP contribution in [0.3, 0.4) is 0 Å². The molecule has 0 heterocycles. The molecule has 0 aliphatic heterocycles. The molecule has 0 bridgehead atoms. The lowest BCUT2D eigenvalue weighted by Crippen LogP contribution is -2.05. The number of hydrogen-bond acceptors (Lipinski definition) is 2.